The van der Waals surface area contributed by atoms with Crippen molar-refractivity contribution in [2.24, 2.45) is 7.05 Å². The fraction of sp³-hybridized carbons (Fsp3) is 0.350. The molecule has 1 aliphatic rings. The topological polar surface area (TPSA) is 114 Å². The Hall–Kier alpha value is -3.33. The second-order valence-electron chi connectivity index (χ2n) is 7.50. The van der Waals surface area contributed by atoms with Gasteiger partial charge in [-0.25, -0.2) is 8.42 Å². The minimum Gasteiger partial charge on any atom is -0.307 e. The molecule has 0 bridgehead atoms. The van der Waals surface area contributed by atoms with Crippen LogP contribution in [-0.4, -0.2) is 38.9 Å². The van der Waals surface area contributed by atoms with E-state index in [4.69, 9.17) is 0 Å². The summed E-state index contributed by atoms with van der Waals surface area (Å²) in [5, 5.41) is 17.4. The Morgan fingerprint density at radius 2 is 1.88 bits per heavy atom. The van der Waals surface area contributed by atoms with Gasteiger partial charge in [0.2, 0.25) is 0 Å². The lowest BCUT2D eigenvalue weighted by atomic mass is 9.99. The van der Waals surface area contributed by atoms with Gasteiger partial charge < -0.3 is 4.57 Å². The summed E-state index contributed by atoms with van der Waals surface area (Å²) in [6, 6.07) is 5.34. The van der Waals surface area contributed by atoms with Crippen molar-refractivity contribution in [3.05, 3.63) is 41.7 Å². The van der Waals surface area contributed by atoms with E-state index in [9.17, 15) is 26.9 Å². The third-order valence-corrected chi connectivity index (χ3v) is 7.23. The van der Waals surface area contributed by atoms with Crippen LogP contribution < -0.4 is 0 Å². The Kier molecular flexibility index (Phi) is 5.04. The lowest BCUT2D eigenvalue weighted by Gasteiger charge is -2.13. The van der Waals surface area contributed by atoms with Crippen LogP contribution in [0.15, 0.2) is 35.5 Å². The summed E-state index contributed by atoms with van der Waals surface area (Å²) in [6.45, 7) is 1.48. The molecule has 3 aromatic heterocycles. The molecule has 3 heterocycles. The number of halogens is 3. The highest BCUT2D eigenvalue weighted by molar-refractivity contribution is 7.91. The number of pyridine rings is 2. The minimum absolute atomic E-state index is 0.0116. The zero-order valence-corrected chi connectivity index (χ0v) is 17.9. The summed E-state index contributed by atoms with van der Waals surface area (Å²) in [7, 11) is -2.27. The van der Waals surface area contributed by atoms with E-state index >= 15 is 0 Å². The standard InChI is InChI=1S/C20H17F3N6O2S/c1-3-32(30,31)15-9-13(19(11-24)5-6-19)10-26-16(15)18-28-27-17(29(18)2)14-8-12(4-7-25-14)20(21,22)23/h4,7-10H,3,5-6H2,1-2H3. The third-order valence-electron chi connectivity index (χ3n) is 5.49. The van der Waals surface area contributed by atoms with Crippen molar-refractivity contribution in [3.8, 4) is 29.1 Å². The molecule has 12 heteroatoms. The van der Waals surface area contributed by atoms with Gasteiger partial charge in [0.05, 0.1) is 27.7 Å². The van der Waals surface area contributed by atoms with Gasteiger partial charge in [0.1, 0.15) is 11.4 Å². The molecule has 0 saturated heterocycles. The van der Waals surface area contributed by atoms with Gasteiger partial charge in [0, 0.05) is 19.4 Å². The summed E-state index contributed by atoms with van der Waals surface area (Å²) in [4.78, 5) is 8.14. The number of hydrogen-bond donors (Lipinski definition) is 0. The Bertz CT molecular complexity index is 1350. The molecule has 0 aliphatic heterocycles. The molecule has 1 aliphatic carbocycles. The molecular weight excluding hydrogens is 445 g/mol. The first-order chi connectivity index (χ1) is 15.0. The van der Waals surface area contributed by atoms with Gasteiger partial charge in [-0.15, -0.1) is 10.2 Å². The van der Waals surface area contributed by atoms with E-state index < -0.39 is 27.0 Å². The van der Waals surface area contributed by atoms with Crippen molar-refractivity contribution in [1.82, 2.24) is 24.7 Å². The van der Waals surface area contributed by atoms with E-state index in [2.05, 4.69) is 26.2 Å². The van der Waals surface area contributed by atoms with Crippen LogP contribution in [0.3, 0.4) is 0 Å². The Balaban J connectivity index is 1.86. The first-order valence-electron chi connectivity index (χ1n) is 9.60. The van der Waals surface area contributed by atoms with Crippen LogP contribution in [0.2, 0.25) is 0 Å². The summed E-state index contributed by atoms with van der Waals surface area (Å²) >= 11 is 0. The van der Waals surface area contributed by atoms with Crippen LogP contribution in [-0.2, 0) is 28.5 Å². The van der Waals surface area contributed by atoms with Gasteiger partial charge in [-0.3, -0.25) is 9.97 Å². The van der Waals surface area contributed by atoms with Gasteiger partial charge >= 0.3 is 6.18 Å². The van der Waals surface area contributed by atoms with Crippen LogP contribution >= 0.6 is 0 Å². The second kappa shape index (κ2) is 7.37. The van der Waals surface area contributed by atoms with E-state index in [0.717, 1.165) is 18.3 Å². The maximum atomic E-state index is 13.1. The first kappa shape index (κ1) is 21.9. The highest BCUT2D eigenvalue weighted by Crippen LogP contribution is 2.48. The molecule has 0 unspecified atom stereocenters. The highest BCUT2D eigenvalue weighted by Gasteiger charge is 2.46. The van der Waals surface area contributed by atoms with Gasteiger partial charge in [-0.1, -0.05) is 6.92 Å². The Morgan fingerprint density at radius 3 is 2.47 bits per heavy atom. The molecule has 0 amide bonds. The minimum atomic E-state index is -4.56. The smallest absolute Gasteiger partial charge is 0.307 e. The fourth-order valence-electron chi connectivity index (χ4n) is 3.34. The quantitative estimate of drug-likeness (QED) is 0.571. The summed E-state index contributed by atoms with van der Waals surface area (Å²) in [6.07, 6.45) is -0.865. The van der Waals surface area contributed by atoms with Gasteiger partial charge in [0.25, 0.3) is 0 Å². The van der Waals surface area contributed by atoms with Crippen LogP contribution in [0.1, 0.15) is 30.9 Å². The number of hydrogen-bond acceptors (Lipinski definition) is 7. The van der Waals surface area contributed by atoms with Crippen LogP contribution in [0.25, 0.3) is 23.0 Å². The van der Waals surface area contributed by atoms with E-state index in [1.165, 1.54) is 30.8 Å². The monoisotopic (exact) mass is 462 g/mol. The van der Waals surface area contributed by atoms with E-state index in [0.29, 0.717) is 18.4 Å². The average Bonchev–Trinajstić information content (AvgIpc) is 3.48. The number of alkyl halides is 3. The average molecular weight is 462 g/mol. The summed E-state index contributed by atoms with van der Waals surface area (Å²) in [5.74, 6) is -0.128. The molecule has 4 rings (SSSR count). The van der Waals surface area contributed by atoms with E-state index in [-0.39, 0.29) is 33.7 Å². The molecule has 0 atom stereocenters. The molecule has 3 aromatic rings. The Morgan fingerprint density at radius 1 is 1.19 bits per heavy atom. The van der Waals surface area contributed by atoms with Gasteiger partial charge in [-0.2, -0.15) is 18.4 Å². The predicted octanol–water partition coefficient (Wildman–Crippen LogP) is 3.31. The van der Waals surface area contributed by atoms with Crippen molar-refractivity contribution in [1.29, 1.82) is 5.26 Å². The van der Waals surface area contributed by atoms with E-state index in [1.54, 1.807) is 0 Å². The van der Waals surface area contributed by atoms with Gasteiger partial charge in [-0.05, 0) is 36.6 Å². The number of sulfone groups is 1. The van der Waals surface area contributed by atoms with Crippen molar-refractivity contribution in [2.45, 2.75) is 36.3 Å². The molecule has 32 heavy (non-hydrogen) atoms. The number of nitriles is 1. The second-order valence-corrected chi connectivity index (χ2v) is 9.75. The van der Waals surface area contributed by atoms with Crippen molar-refractivity contribution in [2.75, 3.05) is 5.75 Å². The normalized spacial score (nSPS) is 15.4. The lowest BCUT2D eigenvalue weighted by Crippen LogP contribution is -2.12. The maximum absolute atomic E-state index is 13.1. The molecule has 1 fully saturated rings. The van der Waals surface area contributed by atoms with Crippen LogP contribution in [0.4, 0.5) is 13.2 Å². The maximum Gasteiger partial charge on any atom is 0.416 e. The largest absolute Gasteiger partial charge is 0.416 e. The molecule has 0 radical (unpaired) electrons. The molecule has 166 valence electrons. The SMILES string of the molecule is CCS(=O)(=O)c1cc(C2(C#N)CC2)cnc1-c1nnc(-c2cc(C(F)(F)F)ccn2)n1C. The highest BCUT2D eigenvalue weighted by atomic mass is 32.2. The molecular formula is C20H17F3N6O2S. The molecule has 0 aromatic carbocycles. The van der Waals surface area contributed by atoms with Crippen molar-refractivity contribution >= 4 is 9.84 Å². The van der Waals surface area contributed by atoms with Crippen LogP contribution in [0.5, 0.6) is 0 Å². The Labute approximate surface area is 181 Å². The van der Waals surface area contributed by atoms with Crippen molar-refractivity contribution in [3.63, 3.8) is 0 Å². The zero-order chi connectivity index (χ0) is 23.3. The van der Waals surface area contributed by atoms with Gasteiger partial charge in [0.15, 0.2) is 21.5 Å². The lowest BCUT2D eigenvalue weighted by molar-refractivity contribution is -0.137. The fourth-order valence-corrected chi connectivity index (χ4v) is 4.40. The molecule has 0 spiro atoms. The third kappa shape index (κ3) is 3.62. The molecule has 8 nitrogen and oxygen atoms in total. The number of nitrogens with zero attached hydrogens (tertiary/aromatic N) is 6. The van der Waals surface area contributed by atoms with E-state index in [1.807, 2.05) is 0 Å². The zero-order valence-electron chi connectivity index (χ0n) is 17.0. The van der Waals surface area contributed by atoms with Crippen LogP contribution in [0, 0.1) is 11.3 Å². The summed E-state index contributed by atoms with van der Waals surface area (Å²) < 4.78 is 66.2. The predicted molar refractivity (Wildman–Crippen MR) is 107 cm³/mol. The number of aromatic nitrogens is 5. The molecule has 1 saturated carbocycles. The molecule has 0 N–H and O–H groups in total. The first-order valence-corrected chi connectivity index (χ1v) is 11.3. The summed E-state index contributed by atoms with van der Waals surface area (Å²) in [5.41, 5.74) is -1.18. The van der Waals surface area contributed by atoms with Crippen molar-refractivity contribution < 1.29 is 21.6 Å². The number of rotatable bonds is 5.